The molecule has 1 saturated heterocycles. The molecule has 0 spiro atoms. The predicted octanol–water partition coefficient (Wildman–Crippen LogP) is 2.82. The summed E-state index contributed by atoms with van der Waals surface area (Å²) in [6.45, 7) is 1.88. The Bertz CT molecular complexity index is 431. The van der Waals surface area contributed by atoms with Crippen molar-refractivity contribution in [1.82, 2.24) is 10.6 Å². The molecule has 1 amide bonds. The fraction of sp³-hybridized carbons (Fsp3) is 0.688. The van der Waals surface area contributed by atoms with Crippen molar-refractivity contribution in [2.75, 3.05) is 13.1 Å². The van der Waals surface area contributed by atoms with Crippen molar-refractivity contribution in [3.05, 3.63) is 22.4 Å². The maximum atomic E-state index is 12.8. The van der Waals surface area contributed by atoms with E-state index in [9.17, 15) is 4.79 Å². The van der Waals surface area contributed by atoms with Gasteiger partial charge < -0.3 is 10.6 Å². The third-order valence-corrected chi connectivity index (χ3v) is 5.88. The molecule has 0 radical (unpaired) electrons. The summed E-state index contributed by atoms with van der Waals surface area (Å²) in [5.74, 6) is 0.258. The topological polar surface area (TPSA) is 41.1 Å². The number of thiophene rings is 1. The zero-order valence-corrected chi connectivity index (χ0v) is 12.8. The molecule has 3 rings (SSSR count). The molecule has 1 unspecified atom stereocenters. The van der Waals surface area contributed by atoms with Gasteiger partial charge in [0.2, 0.25) is 5.91 Å². The fourth-order valence-electron chi connectivity index (χ4n) is 3.61. The number of nitrogens with one attached hydrogen (secondary N) is 2. The van der Waals surface area contributed by atoms with E-state index < -0.39 is 0 Å². The summed E-state index contributed by atoms with van der Waals surface area (Å²) < 4.78 is 0. The van der Waals surface area contributed by atoms with Gasteiger partial charge in [-0.05, 0) is 43.7 Å². The number of carbonyl (C=O) groups excluding carboxylic acids is 1. The molecule has 1 aliphatic heterocycles. The first-order chi connectivity index (χ1) is 9.81. The minimum Gasteiger partial charge on any atom is -0.354 e. The van der Waals surface area contributed by atoms with Gasteiger partial charge >= 0.3 is 0 Å². The summed E-state index contributed by atoms with van der Waals surface area (Å²) >= 11 is 1.74. The second-order valence-electron chi connectivity index (χ2n) is 6.12. The van der Waals surface area contributed by atoms with E-state index in [-0.39, 0.29) is 11.3 Å². The Balaban J connectivity index is 1.70. The molecule has 1 aromatic rings. The van der Waals surface area contributed by atoms with Gasteiger partial charge in [-0.1, -0.05) is 25.3 Å². The zero-order chi connectivity index (χ0) is 13.8. The molecule has 2 heterocycles. The van der Waals surface area contributed by atoms with Crippen LogP contribution in [0, 0.1) is 0 Å². The maximum absolute atomic E-state index is 12.8. The lowest BCUT2D eigenvalue weighted by Crippen LogP contribution is -2.48. The molecule has 4 heteroatoms. The lowest BCUT2D eigenvalue weighted by molar-refractivity contribution is -0.128. The summed E-state index contributed by atoms with van der Waals surface area (Å²) in [7, 11) is 0. The van der Waals surface area contributed by atoms with Gasteiger partial charge in [-0.15, -0.1) is 11.3 Å². The van der Waals surface area contributed by atoms with Crippen molar-refractivity contribution in [1.29, 1.82) is 0 Å². The predicted molar refractivity (Wildman–Crippen MR) is 83.1 cm³/mol. The molecule has 2 aliphatic rings. The molecular formula is C16H24N2OS. The Morgan fingerprint density at radius 3 is 2.85 bits per heavy atom. The van der Waals surface area contributed by atoms with Crippen LogP contribution in [0.15, 0.2) is 17.5 Å². The minimum atomic E-state index is -0.245. The highest BCUT2D eigenvalue weighted by atomic mass is 32.1. The molecule has 1 saturated carbocycles. The first kappa shape index (κ1) is 14.1. The van der Waals surface area contributed by atoms with Crippen LogP contribution in [0.5, 0.6) is 0 Å². The Hall–Kier alpha value is -0.870. The Kier molecular flexibility index (Phi) is 4.41. The van der Waals surface area contributed by atoms with Crippen LogP contribution in [-0.2, 0) is 10.2 Å². The lowest BCUT2D eigenvalue weighted by atomic mass is 9.72. The third kappa shape index (κ3) is 2.77. The van der Waals surface area contributed by atoms with E-state index in [2.05, 4.69) is 28.1 Å². The lowest BCUT2D eigenvalue weighted by Gasteiger charge is -2.35. The van der Waals surface area contributed by atoms with E-state index in [1.807, 2.05) is 0 Å². The SMILES string of the molecule is O=C(NCC1CCCN1)C1(c2cccs2)CCCCC1. The summed E-state index contributed by atoms with van der Waals surface area (Å²) in [6, 6.07) is 4.69. The highest BCUT2D eigenvalue weighted by molar-refractivity contribution is 7.10. The molecule has 3 nitrogen and oxygen atoms in total. The Morgan fingerprint density at radius 1 is 1.35 bits per heavy atom. The average Bonchev–Trinajstić information content (AvgIpc) is 3.18. The number of amides is 1. The third-order valence-electron chi connectivity index (χ3n) is 4.81. The molecule has 1 atom stereocenters. The van der Waals surface area contributed by atoms with Crippen LogP contribution in [0.1, 0.15) is 49.8 Å². The van der Waals surface area contributed by atoms with Gasteiger partial charge in [0, 0.05) is 17.5 Å². The zero-order valence-electron chi connectivity index (χ0n) is 12.0. The van der Waals surface area contributed by atoms with Crippen LogP contribution in [-0.4, -0.2) is 25.0 Å². The Morgan fingerprint density at radius 2 is 2.20 bits per heavy atom. The molecule has 110 valence electrons. The van der Waals surface area contributed by atoms with Gasteiger partial charge in [-0.2, -0.15) is 0 Å². The van der Waals surface area contributed by atoms with E-state index in [0.29, 0.717) is 6.04 Å². The minimum absolute atomic E-state index is 0.245. The van der Waals surface area contributed by atoms with Gasteiger partial charge in [0.1, 0.15) is 0 Å². The fourth-order valence-corrected chi connectivity index (χ4v) is 4.59. The molecule has 20 heavy (non-hydrogen) atoms. The van der Waals surface area contributed by atoms with Gasteiger partial charge in [-0.25, -0.2) is 0 Å². The standard InChI is InChI=1S/C16H24N2OS/c19-15(18-12-13-6-4-10-17-13)16(8-2-1-3-9-16)14-7-5-11-20-14/h5,7,11,13,17H,1-4,6,8-10,12H2,(H,18,19). The van der Waals surface area contributed by atoms with E-state index in [1.54, 1.807) is 11.3 Å². The second kappa shape index (κ2) is 6.27. The highest BCUT2D eigenvalue weighted by Crippen LogP contribution is 2.41. The summed E-state index contributed by atoms with van der Waals surface area (Å²) in [4.78, 5) is 14.1. The van der Waals surface area contributed by atoms with Crippen LogP contribution in [0.25, 0.3) is 0 Å². The average molecular weight is 292 g/mol. The molecule has 0 bridgehead atoms. The monoisotopic (exact) mass is 292 g/mol. The van der Waals surface area contributed by atoms with Crippen molar-refractivity contribution in [2.45, 2.75) is 56.4 Å². The van der Waals surface area contributed by atoms with Gasteiger partial charge in [0.05, 0.1) is 5.41 Å². The van der Waals surface area contributed by atoms with Crippen LogP contribution in [0.3, 0.4) is 0 Å². The van der Waals surface area contributed by atoms with Gasteiger partial charge in [0.25, 0.3) is 0 Å². The van der Waals surface area contributed by atoms with Crippen molar-refractivity contribution in [3.63, 3.8) is 0 Å². The number of hydrogen-bond donors (Lipinski definition) is 2. The first-order valence-electron chi connectivity index (χ1n) is 7.87. The molecule has 0 aromatic carbocycles. The molecule has 1 aromatic heterocycles. The van der Waals surface area contributed by atoms with Crippen molar-refractivity contribution >= 4 is 17.2 Å². The number of rotatable bonds is 4. The molecule has 2 N–H and O–H groups in total. The number of carbonyl (C=O) groups is 1. The summed E-state index contributed by atoms with van der Waals surface area (Å²) in [5, 5.41) is 8.77. The smallest absolute Gasteiger partial charge is 0.231 e. The summed E-state index contributed by atoms with van der Waals surface area (Å²) in [5.41, 5.74) is -0.245. The van der Waals surface area contributed by atoms with Crippen LogP contribution >= 0.6 is 11.3 Å². The summed E-state index contributed by atoms with van der Waals surface area (Å²) in [6.07, 6.45) is 8.06. The van der Waals surface area contributed by atoms with Crippen LogP contribution < -0.4 is 10.6 Å². The molecule has 2 fully saturated rings. The second-order valence-corrected chi connectivity index (χ2v) is 7.07. The first-order valence-corrected chi connectivity index (χ1v) is 8.75. The van der Waals surface area contributed by atoms with E-state index in [0.717, 1.165) is 25.9 Å². The van der Waals surface area contributed by atoms with Gasteiger partial charge in [-0.3, -0.25) is 4.79 Å². The maximum Gasteiger partial charge on any atom is 0.231 e. The van der Waals surface area contributed by atoms with E-state index >= 15 is 0 Å². The van der Waals surface area contributed by atoms with Crippen molar-refractivity contribution in [2.24, 2.45) is 0 Å². The van der Waals surface area contributed by atoms with E-state index in [4.69, 9.17) is 0 Å². The molecular weight excluding hydrogens is 268 g/mol. The normalized spacial score (nSPS) is 25.5. The highest BCUT2D eigenvalue weighted by Gasteiger charge is 2.41. The van der Waals surface area contributed by atoms with E-state index in [1.165, 1.54) is 37.0 Å². The van der Waals surface area contributed by atoms with Crippen LogP contribution in [0.2, 0.25) is 0 Å². The Labute approximate surface area is 125 Å². The quantitative estimate of drug-likeness (QED) is 0.896. The number of hydrogen-bond acceptors (Lipinski definition) is 3. The molecule has 1 aliphatic carbocycles. The van der Waals surface area contributed by atoms with Crippen molar-refractivity contribution < 1.29 is 4.79 Å². The van der Waals surface area contributed by atoms with Crippen LogP contribution in [0.4, 0.5) is 0 Å². The van der Waals surface area contributed by atoms with Gasteiger partial charge in [0.15, 0.2) is 0 Å². The largest absolute Gasteiger partial charge is 0.354 e. The van der Waals surface area contributed by atoms with Crippen molar-refractivity contribution in [3.8, 4) is 0 Å².